The number of nitrogens with one attached hydrogen (secondary N) is 1. The molecule has 1 unspecified atom stereocenters. The molecule has 4 rings (SSSR count). The highest BCUT2D eigenvalue weighted by molar-refractivity contribution is 5.57. The third-order valence-corrected chi connectivity index (χ3v) is 5.32. The molecule has 8 heteroatoms. The molecule has 1 aromatic carbocycles. The first-order valence-corrected chi connectivity index (χ1v) is 9.50. The van der Waals surface area contributed by atoms with Gasteiger partial charge >= 0.3 is 0 Å². The third-order valence-electron chi connectivity index (χ3n) is 5.32. The number of aryl methyl sites for hydroxylation is 1. The molecule has 1 aliphatic heterocycles. The average Bonchev–Trinajstić information content (AvgIpc) is 3.16. The molecule has 0 spiro atoms. The van der Waals surface area contributed by atoms with E-state index in [-0.39, 0.29) is 0 Å². The van der Waals surface area contributed by atoms with Gasteiger partial charge in [-0.05, 0) is 26.7 Å². The van der Waals surface area contributed by atoms with Gasteiger partial charge < -0.3 is 19.7 Å². The van der Waals surface area contributed by atoms with Crippen LogP contribution in [-0.4, -0.2) is 52.9 Å². The van der Waals surface area contributed by atoms with Crippen LogP contribution < -0.4 is 19.7 Å². The molecule has 148 valence electrons. The van der Waals surface area contributed by atoms with Crippen molar-refractivity contribution in [3.8, 4) is 11.5 Å². The van der Waals surface area contributed by atoms with E-state index >= 15 is 0 Å². The first-order chi connectivity index (χ1) is 13.6. The molecule has 1 saturated heterocycles. The number of methoxy groups -OCH3 is 2. The van der Waals surface area contributed by atoms with Gasteiger partial charge in [0.25, 0.3) is 5.78 Å². The Morgan fingerprint density at radius 1 is 1.11 bits per heavy atom. The van der Waals surface area contributed by atoms with Crippen LogP contribution in [0.3, 0.4) is 0 Å². The van der Waals surface area contributed by atoms with Gasteiger partial charge in [0.15, 0.2) is 0 Å². The predicted molar refractivity (Wildman–Crippen MR) is 109 cm³/mol. The second-order valence-corrected chi connectivity index (χ2v) is 7.15. The van der Waals surface area contributed by atoms with Gasteiger partial charge in [-0.1, -0.05) is 0 Å². The molecule has 0 bridgehead atoms. The van der Waals surface area contributed by atoms with Crippen LogP contribution in [0.25, 0.3) is 5.78 Å². The zero-order valence-corrected chi connectivity index (χ0v) is 16.8. The fourth-order valence-corrected chi connectivity index (χ4v) is 3.80. The number of anilines is 2. The van der Waals surface area contributed by atoms with Crippen molar-refractivity contribution >= 4 is 17.3 Å². The Bertz CT molecular complexity index is 964. The molecule has 1 fully saturated rings. The van der Waals surface area contributed by atoms with Crippen molar-refractivity contribution < 1.29 is 9.47 Å². The van der Waals surface area contributed by atoms with Gasteiger partial charge in [-0.15, -0.1) is 0 Å². The summed E-state index contributed by atoms with van der Waals surface area (Å²) < 4.78 is 12.6. The topological polar surface area (TPSA) is 76.8 Å². The molecule has 28 heavy (non-hydrogen) atoms. The van der Waals surface area contributed by atoms with Crippen molar-refractivity contribution in [3.05, 3.63) is 35.8 Å². The van der Waals surface area contributed by atoms with Crippen LogP contribution in [0.15, 0.2) is 24.5 Å². The number of aromatic nitrogens is 4. The summed E-state index contributed by atoms with van der Waals surface area (Å²) in [6.07, 6.45) is 3.75. The maximum Gasteiger partial charge on any atom is 0.254 e. The Labute approximate surface area is 164 Å². The lowest BCUT2D eigenvalue weighted by Gasteiger charge is -2.36. The SMILES string of the molecule is COc1cc(NC2CCCN(c3c(C)c(C)nc4ncnn34)C2)cc(OC)c1. The highest BCUT2D eigenvalue weighted by Gasteiger charge is 2.25. The zero-order valence-electron chi connectivity index (χ0n) is 16.8. The van der Waals surface area contributed by atoms with Crippen LogP contribution >= 0.6 is 0 Å². The lowest BCUT2D eigenvalue weighted by molar-refractivity contribution is 0.394. The number of hydrogen-bond donors (Lipinski definition) is 1. The van der Waals surface area contributed by atoms with Crippen LogP contribution in [0, 0.1) is 13.8 Å². The molecule has 0 radical (unpaired) electrons. The molecular weight excluding hydrogens is 356 g/mol. The van der Waals surface area contributed by atoms with Crippen molar-refractivity contribution in [2.24, 2.45) is 0 Å². The van der Waals surface area contributed by atoms with E-state index in [1.165, 1.54) is 0 Å². The van der Waals surface area contributed by atoms with Crippen molar-refractivity contribution in [2.45, 2.75) is 32.7 Å². The van der Waals surface area contributed by atoms with Crippen molar-refractivity contribution in [3.63, 3.8) is 0 Å². The van der Waals surface area contributed by atoms with Gasteiger partial charge in [-0.25, -0.2) is 4.98 Å². The normalized spacial score (nSPS) is 17.0. The maximum atomic E-state index is 5.39. The van der Waals surface area contributed by atoms with E-state index in [9.17, 15) is 0 Å². The molecule has 2 aromatic heterocycles. The van der Waals surface area contributed by atoms with E-state index < -0.39 is 0 Å². The maximum absolute atomic E-state index is 5.39. The second kappa shape index (κ2) is 7.53. The Kier molecular flexibility index (Phi) is 4.93. The lowest BCUT2D eigenvalue weighted by Crippen LogP contribution is -2.43. The molecule has 1 aliphatic rings. The quantitative estimate of drug-likeness (QED) is 0.727. The first-order valence-electron chi connectivity index (χ1n) is 9.50. The Morgan fingerprint density at radius 3 is 2.57 bits per heavy atom. The summed E-state index contributed by atoms with van der Waals surface area (Å²) in [5, 5.41) is 8.04. The number of rotatable bonds is 5. The number of fused-ring (bicyclic) bond motifs is 1. The minimum Gasteiger partial charge on any atom is -0.497 e. The molecule has 1 atom stereocenters. The number of nitrogens with zero attached hydrogens (tertiary/aromatic N) is 5. The summed E-state index contributed by atoms with van der Waals surface area (Å²) in [7, 11) is 3.33. The largest absolute Gasteiger partial charge is 0.497 e. The molecule has 3 heterocycles. The fourth-order valence-electron chi connectivity index (χ4n) is 3.80. The Balaban J connectivity index is 1.59. The van der Waals surface area contributed by atoms with Crippen LogP contribution in [0.5, 0.6) is 11.5 Å². The number of benzene rings is 1. The number of hydrogen-bond acceptors (Lipinski definition) is 7. The average molecular weight is 382 g/mol. The van der Waals surface area contributed by atoms with E-state index in [4.69, 9.17) is 9.47 Å². The molecule has 1 N–H and O–H groups in total. The molecule has 0 aliphatic carbocycles. The van der Waals surface area contributed by atoms with Crippen molar-refractivity contribution in [2.75, 3.05) is 37.5 Å². The summed E-state index contributed by atoms with van der Waals surface area (Å²) in [4.78, 5) is 11.2. The number of piperidine rings is 1. The van der Waals surface area contributed by atoms with Crippen molar-refractivity contribution in [1.82, 2.24) is 19.6 Å². The molecule has 0 saturated carbocycles. The standard InChI is InChI=1S/C20H26N6O2/c1-13-14(2)23-20-21-12-22-26(20)19(13)25-7-5-6-15(11-25)24-16-8-17(27-3)10-18(9-16)28-4/h8-10,12,15,24H,5-7,11H2,1-4H3. The highest BCUT2D eigenvalue weighted by atomic mass is 16.5. The van der Waals surface area contributed by atoms with Crippen molar-refractivity contribution in [1.29, 1.82) is 0 Å². The summed E-state index contributed by atoms with van der Waals surface area (Å²) in [5.74, 6) is 3.28. The molecule has 8 nitrogen and oxygen atoms in total. The minimum absolute atomic E-state index is 0.303. The van der Waals surface area contributed by atoms with Gasteiger partial charge in [-0.2, -0.15) is 14.6 Å². The lowest BCUT2D eigenvalue weighted by atomic mass is 10.0. The second-order valence-electron chi connectivity index (χ2n) is 7.15. The Morgan fingerprint density at radius 2 is 1.86 bits per heavy atom. The van der Waals surface area contributed by atoms with E-state index in [1.807, 2.05) is 29.6 Å². The molecule has 0 amide bonds. The number of ether oxygens (including phenoxy) is 2. The van der Waals surface area contributed by atoms with Crippen LogP contribution in [0.4, 0.5) is 11.5 Å². The summed E-state index contributed by atoms with van der Waals surface area (Å²) in [5.41, 5.74) is 3.13. The van der Waals surface area contributed by atoms with Gasteiger partial charge in [0.05, 0.1) is 14.2 Å². The van der Waals surface area contributed by atoms with E-state index in [0.29, 0.717) is 11.8 Å². The third kappa shape index (κ3) is 3.42. The molecular formula is C20H26N6O2. The zero-order chi connectivity index (χ0) is 19.7. The molecule has 3 aromatic rings. The smallest absolute Gasteiger partial charge is 0.254 e. The summed E-state index contributed by atoms with van der Waals surface area (Å²) in [6.45, 7) is 5.98. The van der Waals surface area contributed by atoms with Gasteiger partial charge in [0.2, 0.25) is 0 Å². The van der Waals surface area contributed by atoms with E-state index in [0.717, 1.165) is 60.2 Å². The van der Waals surface area contributed by atoms with Crippen LogP contribution in [-0.2, 0) is 0 Å². The Hall–Kier alpha value is -3.03. The van der Waals surface area contributed by atoms with E-state index in [1.54, 1.807) is 20.5 Å². The van der Waals surface area contributed by atoms with Gasteiger partial charge in [0, 0.05) is 54.3 Å². The fraction of sp³-hybridized carbons (Fsp3) is 0.450. The van der Waals surface area contributed by atoms with Crippen LogP contribution in [0.1, 0.15) is 24.1 Å². The first kappa shape index (κ1) is 18.3. The summed E-state index contributed by atoms with van der Waals surface area (Å²) >= 11 is 0. The van der Waals surface area contributed by atoms with Gasteiger partial charge in [-0.3, -0.25) is 0 Å². The highest BCUT2D eigenvalue weighted by Crippen LogP contribution is 2.29. The van der Waals surface area contributed by atoms with E-state index in [2.05, 4.69) is 32.2 Å². The monoisotopic (exact) mass is 382 g/mol. The van der Waals surface area contributed by atoms with Gasteiger partial charge in [0.1, 0.15) is 23.6 Å². The summed E-state index contributed by atoms with van der Waals surface area (Å²) in [6, 6.07) is 6.18. The predicted octanol–water partition coefficient (Wildman–Crippen LogP) is 2.84. The minimum atomic E-state index is 0.303. The van der Waals surface area contributed by atoms with Crippen LogP contribution in [0.2, 0.25) is 0 Å².